The van der Waals surface area contributed by atoms with E-state index in [1.54, 1.807) is 14.2 Å². The smallest absolute Gasteiger partial charge is 0.166 e. The minimum Gasteiger partial charge on any atom is -0.493 e. The second-order valence-corrected chi connectivity index (χ2v) is 5.57. The molecule has 0 spiro atoms. The van der Waals surface area contributed by atoms with Crippen LogP contribution in [0.25, 0.3) is 0 Å². The van der Waals surface area contributed by atoms with Crippen LogP contribution in [0.2, 0.25) is 0 Å². The van der Waals surface area contributed by atoms with Crippen molar-refractivity contribution in [3.63, 3.8) is 0 Å². The molecule has 0 bridgehead atoms. The largest absolute Gasteiger partial charge is 0.493 e. The third-order valence-electron chi connectivity index (χ3n) is 2.84. The van der Waals surface area contributed by atoms with E-state index in [1.807, 2.05) is 26.0 Å². The highest BCUT2D eigenvalue weighted by molar-refractivity contribution is 9.10. The molecule has 0 saturated heterocycles. The first-order chi connectivity index (χ1) is 9.60. The fourth-order valence-electron chi connectivity index (χ4n) is 1.86. The van der Waals surface area contributed by atoms with Gasteiger partial charge in [0.15, 0.2) is 11.5 Å². The Kier molecular flexibility index (Phi) is 7.95. The fourth-order valence-corrected chi connectivity index (χ4v) is 2.31. The van der Waals surface area contributed by atoms with Gasteiger partial charge in [0, 0.05) is 23.2 Å². The van der Waals surface area contributed by atoms with Crippen LogP contribution in [0.15, 0.2) is 16.6 Å². The highest BCUT2D eigenvalue weighted by atomic mass is 79.9. The van der Waals surface area contributed by atoms with E-state index in [9.17, 15) is 0 Å². The number of hydrogen-bond acceptors (Lipinski definition) is 4. The molecule has 0 unspecified atom stereocenters. The molecule has 0 amide bonds. The summed E-state index contributed by atoms with van der Waals surface area (Å²) in [6.45, 7) is 6.50. The van der Waals surface area contributed by atoms with Gasteiger partial charge < -0.3 is 19.5 Å². The topological polar surface area (TPSA) is 39.7 Å². The third kappa shape index (κ3) is 5.31. The number of ether oxygens (including phenoxy) is 3. The number of hydrogen-bond donors (Lipinski definition) is 1. The maximum Gasteiger partial charge on any atom is 0.166 e. The third-order valence-corrected chi connectivity index (χ3v) is 3.59. The van der Waals surface area contributed by atoms with Gasteiger partial charge in [0.2, 0.25) is 0 Å². The zero-order valence-electron chi connectivity index (χ0n) is 12.7. The lowest BCUT2D eigenvalue weighted by atomic mass is 10.2. The number of halogens is 1. The van der Waals surface area contributed by atoms with Crippen molar-refractivity contribution in [1.29, 1.82) is 0 Å². The van der Waals surface area contributed by atoms with Crippen LogP contribution in [0.3, 0.4) is 0 Å². The van der Waals surface area contributed by atoms with E-state index in [0.717, 1.165) is 47.7 Å². The quantitative estimate of drug-likeness (QED) is 0.696. The average molecular weight is 346 g/mol. The molecule has 1 rings (SSSR count). The number of rotatable bonds is 9. The molecule has 0 atom stereocenters. The van der Waals surface area contributed by atoms with Crippen molar-refractivity contribution in [1.82, 2.24) is 5.32 Å². The Morgan fingerprint density at radius 1 is 1.20 bits per heavy atom. The summed E-state index contributed by atoms with van der Waals surface area (Å²) >= 11 is 3.55. The van der Waals surface area contributed by atoms with Gasteiger partial charge >= 0.3 is 0 Å². The zero-order valence-corrected chi connectivity index (χ0v) is 14.2. The Balaban J connectivity index is 2.50. The molecule has 5 heteroatoms. The summed E-state index contributed by atoms with van der Waals surface area (Å²) in [6, 6.07) is 3.86. The Bertz CT molecular complexity index is 410. The van der Waals surface area contributed by atoms with Gasteiger partial charge in [-0.3, -0.25) is 0 Å². The van der Waals surface area contributed by atoms with Crippen LogP contribution < -0.4 is 14.8 Å². The van der Waals surface area contributed by atoms with E-state index >= 15 is 0 Å². The molecule has 0 aromatic heterocycles. The summed E-state index contributed by atoms with van der Waals surface area (Å²) in [6.07, 6.45) is 1.28. The molecule has 0 aliphatic rings. The van der Waals surface area contributed by atoms with Crippen LogP contribution >= 0.6 is 15.9 Å². The van der Waals surface area contributed by atoms with Crippen molar-refractivity contribution >= 4 is 15.9 Å². The summed E-state index contributed by atoms with van der Waals surface area (Å²) < 4.78 is 17.3. The molecule has 0 fully saturated rings. The van der Waals surface area contributed by atoms with Crippen LogP contribution in [0, 0.1) is 0 Å². The molecule has 1 aromatic carbocycles. The number of nitrogens with one attached hydrogen (secondary N) is 1. The summed E-state index contributed by atoms with van der Waals surface area (Å²) in [5.41, 5.74) is 1.07. The van der Waals surface area contributed by atoms with E-state index in [4.69, 9.17) is 14.2 Å². The molecule has 0 radical (unpaired) electrons. The Labute approximate surface area is 129 Å². The minimum atomic E-state index is 0.294. The molecule has 0 heterocycles. The minimum absolute atomic E-state index is 0.294. The Morgan fingerprint density at radius 2 is 1.95 bits per heavy atom. The van der Waals surface area contributed by atoms with Crippen molar-refractivity contribution in [3.8, 4) is 11.5 Å². The predicted octanol–water partition coefficient (Wildman–Crippen LogP) is 3.37. The first-order valence-electron chi connectivity index (χ1n) is 6.81. The highest BCUT2D eigenvalue weighted by Crippen LogP contribution is 2.35. The summed E-state index contributed by atoms with van der Waals surface area (Å²) in [5, 5.41) is 3.40. The maximum absolute atomic E-state index is 5.51. The van der Waals surface area contributed by atoms with Crippen molar-refractivity contribution < 1.29 is 14.2 Å². The normalized spacial score (nSPS) is 10.9. The lowest BCUT2D eigenvalue weighted by Crippen LogP contribution is -2.18. The van der Waals surface area contributed by atoms with E-state index < -0.39 is 0 Å². The molecule has 114 valence electrons. The first-order valence-corrected chi connectivity index (χ1v) is 7.61. The molecular weight excluding hydrogens is 322 g/mol. The molecule has 0 aliphatic heterocycles. The monoisotopic (exact) mass is 345 g/mol. The molecular formula is C15H24BrNO3. The SMILES string of the molecule is COc1ccc(Br)c(CNCCCOC(C)C)c1OC. The lowest BCUT2D eigenvalue weighted by Gasteiger charge is -2.15. The van der Waals surface area contributed by atoms with Gasteiger partial charge in [-0.1, -0.05) is 15.9 Å². The summed E-state index contributed by atoms with van der Waals surface area (Å²) in [7, 11) is 3.30. The molecule has 0 saturated carbocycles. The Hall–Kier alpha value is -0.780. The van der Waals surface area contributed by atoms with Crippen LogP contribution in [0.1, 0.15) is 25.8 Å². The van der Waals surface area contributed by atoms with Gasteiger partial charge in [-0.05, 0) is 38.9 Å². The molecule has 1 aromatic rings. The van der Waals surface area contributed by atoms with E-state index in [2.05, 4.69) is 21.2 Å². The Morgan fingerprint density at radius 3 is 2.55 bits per heavy atom. The zero-order chi connectivity index (χ0) is 15.0. The van der Waals surface area contributed by atoms with Crippen molar-refractivity contribution in [3.05, 3.63) is 22.2 Å². The van der Waals surface area contributed by atoms with E-state index in [-0.39, 0.29) is 0 Å². The van der Waals surface area contributed by atoms with Crippen LogP contribution in [-0.4, -0.2) is 33.5 Å². The lowest BCUT2D eigenvalue weighted by molar-refractivity contribution is 0.0770. The van der Waals surface area contributed by atoms with Crippen molar-refractivity contribution in [2.24, 2.45) is 0 Å². The van der Waals surface area contributed by atoms with Gasteiger partial charge in [0.25, 0.3) is 0 Å². The molecule has 20 heavy (non-hydrogen) atoms. The second-order valence-electron chi connectivity index (χ2n) is 4.71. The number of methoxy groups -OCH3 is 2. The average Bonchev–Trinajstić information content (AvgIpc) is 2.43. The summed E-state index contributed by atoms with van der Waals surface area (Å²) in [4.78, 5) is 0. The molecule has 4 nitrogen and oxygen atoms in total. The first kappa shape index (κ1) is 17.3. The predicted molar refractivity (Wildman–Crippen MR) is 84.7 cm³/mol. The maximum atomic E-state index is 5.51. The molecule has 0 aliphatic carbocycles. The molecule has 1 N–H and O–H groups in total. The van der Waals surface area contributed by atoms with Crippen LogP contribution in [-0.2, 0) is 11.3 Å². The van der Waals surface area contributed by atoms with Crippen LogP contribution in [0.5, 0.6) is 11.5 Å². The standard InChI is InChI=1S/C15H24BrNO3/c1-11(2)20-9-5-8-17-10-12-13(16)6-7-14(18-3)15(12)19-4/h6-7,11,17H,5,8-10H2,1-4H3. The van der Waals surface area contributed by atoms with Gasteiger partial charge in [0.1, 0.15) is 0 Å². The van der Waals surface area contributed by atoms with E-state index in [1.165, 1.54) is 0 Å². The van der Waals surface area contributed by atoms with Gasteiger partial charge in [-0.2, -0.15) is 0 Å². The number of benzene rings is 1. The summed E-state index contributed by atoms with van der Waals surface area (Å²) in [5.74, 6) is 1.52. The van der Waals surface area contributed by atoms with Crippen molar-refractivity contribution in [2.45, 2.75) is 32.9 Å². The fraction of sp³-hybridized carbons (Fsp3) is 0.600. The van der Waals surface area contributed by atoms with Gasteiger partial charge in [-0.25, -0.2) is 0 Å². The highest BCUT2D eigenvalue weighted by Gasteiger charge is 2.13. The van der Waals surface area contributed by atoms with Gasteiger partial charge in [-0.15, -0.1) is 0 Å². The van der Waals surface area contributed by atoms with E-state index in [0.29, 0.717) is 6.10 Å². The van der Waals surface area contributed by atoms with Crippen LogP contribution in [0.4, 0.5) is 0 Å². The van der Waals surface area contributed by atoms with Gasteiger partial charge in [0.05, 0.1) is 20.3 Å². The van der Waals surface area contributed by atoms with Crippen molar-refractivity contribution in [2.75, 3.05) is 27.4 Å². The second kappa shape index (κ2) is 9.21.